The van der Waals surface area contributed by atoms with Gasteiger partial charge in [-0.15, -0.1) is 0 Å². The molecule has 0 saturated carbocycles. The fourth-order valence-corrected chi connectivity index (χ4v) is 6.27. The van der Waals surface area contributed by atoms with Gasteiger partial charge in [0.1, 0.15) is 12.6 Å². The molecule has 12 heteroatoms. The zero-order chi connectivity index (χ0) is 42.8. The number of carbonyl (C=O) groups excluding carboxylic acids is 2. The topological polar surface area (TPSA) is 172 Å². The molecule has 11 nitrogen and oxygen atoms in total. The lowest BCUT2D eigenvalue weighted by molar-refractivity contribution is -0.161. The molecule has 0 rings (SSSR count). The van der Waals surface area contributed by atoms with E-state index in [4.69, 9.17) is 24.8 Å². The number of carbonyl (C=O) groups is 3. The molecule has 0 aromatic heterocycles. The third-order valence-corrected chi connectivity index (χ3v) is 9.89. The van der Waals surface area contributed by atoms with E-state index < -0.39 is 51.1 Å². The number of carboxylic acids is 1. The van der Waals surface area contributed by atoms with E-state index >= 15 is 0 Å². The first kappa shape index (κ1) is 54.9. The van der Waals surface area contributed by atoms with Crippen molar-refractivity contribution in [2.75, 3.05) is 19.8 Å². The number of phosphoric acid groups is 1. The van der Waals surface area contributed by atoms with Crippen LogP contribution in [0.15, 0.2) is 72.9 Å². The minimum Gasteiger partial charge on any atom is -0.480 e. The lowest BCUT2D eigenvalue weighted by Gasteiger charge is -2.20. The average molecular weight is 836 g/mol. The van der Waals surface area contributed by atoms with Crippen molar-refractivity contribution in [3.05, 3.63) is 72.9 Å². The summed E-state index contributed by atoms with van der Waals surface area (Å²) in [5.74, 6) is -2.44. The largest absolute Gasteiger partial charge is 0.480 e. The van der Waals surface area contributed by atoms with Crippen LogP contribution in [0.25, 0.3) is 0 Å². The van der Waals surface area contributed by atoms with Gasteiger partial charge in [-0.25, -0.2) is 4.57 Å². The van der Waals surface area contributed by atoms with Gasteiger partial charge in [0.2, 0.25) is 0 Å². The fourth-order valence-electron chi connectivity index (χ4n) is 5.50. The van der Waals surface area contributed by atoms with Crippen molar-refractivity contribution >= 4 is 25.7 Å². The average Bonchev–Trinajstić information content (AvgIpc) is 3.20. The molecule has 0 radical (unpaired) electrons. The number of ether oxygens (including phenoxy) is 2. The molecule has 3 atom stereocenters. The van der Waals surface area contributed by atoms with Crippen LogP contribution in [0.2, 0.25) is 0 Å². The zero-order valence-corrected chi connectivity index (χ0v) is 36.8. The van der Waals surface area contributed by atoms with Crippen molar-refractivity contribution in [1.29, 1.82) is 0 Å². The van der Waals surface area contributed by atoms with Crippen molar-refractivity contribution in [3.63, 3.8) is 0 Å². The van der Waals surface area contributed by atoms with Gasteiger partial charge in [0.25, 0.3) is 0 Å². The number of carboxylic acid groups (broad SMARTS) is 1. The van der Waals surface area contributed by atoms with Crippen molar-refractivity contribution in [3.8, 4) is 0 Å². The molecule has 0 amide bonds. The molecule has 0 heterocycles. The molecule has 1 unspecified atom stereocenters. The number of unbranched alkanes of at least 4 members (excludes halogenated alkanes) is 14. The summed E-state index contributed by atoms with van der Waals surface area (Å²) in [6.45, 7) is 2.63. The van der Waals surface area contributed by atoms with E-state index in [0.717, 1.165) is 89.9 Å². The van der Waals surface area contributed by atoms with Crippen LogP contribution in [0.5, 0.6) is 0 Å². The van der Waals surface area contributed by atoms with Gasteiger partial charge in [0.05, 0.1) is 13.2 Å². The molecule has 0 aliphatic heterocycles. The Labute approximate surface area is 350 Å². The van der Waals surface area contributed by atoms with E-state index in [2.05, 4.69) is 91.3 Å². The van der Waals surface area contributed by atoms with Crippen molar-refractivity contribution < 1.29 is 47.5 Å². The smallest absolute Gasteiger partial charge is 0.472 e. The molecular formula is C46H78NO10P. The first-order chi connectivity index (χ1) is 28.1. The van der Waals surface area contributed by atoms with E-state index in [0.29, 0.717) is 12.8 Å². The van der Waals surface area contributed by atoms with Gasteiger partial charge in [0.15, 0.2) is 6.10 Å². The molecule has 0 bridgehead atoms. The first-order valence-corrected chi connectivity index (χ1v) is 23.5. The molecule has 0 saturated heterocycles. The maximum Gasteiger partial charge on any atom is 0.472 e. The van der Waals surface area contributed by atoms with Gasteiger partial charge >= 0.3 is 25.7 Å². The zero-order valence-electron chi connectivity index (χ0n) is 35.9. The minimum atomic E-state index is -4.73. The molecule has 0 fully saturated rings. The quantitative estimate of drug-likeness (QED) is 0.0232. The number of allylic oxidation sites excluding steroid dienone is 12. The van der Waals surface area contributed by atoms with E-state index in [9.17, 15) is 23.8 Å². The Kier molecular flexibility index (Phi) is 38.5. The second-order valence-electron chi connectivity index (χ2n) is 14.4. The predicted octanol–water partition coefficient (Wildman–Crippen LogP) is 11.7. The second-order valence-corrected chi connectivity index (χ2v) is 15.9. The minimum absolute atomic E-state index is 0.117. The summed E-state index contributed by atoms with van der Waals surface area (Å²) in [5.41, 5.74) is 5.33. The standard InChI is InChI=1S/C46H78NO10P/c1-3-5-7-9-11-13-15-17-19-20-21-22-24-26-28-30-32-34-36-38-45(49)57-42(40-55-58(52,53)56-41-43(47)46(50)51)39-54-44(48)37-35-33-31-29-27-25-23-18-16-14-12-10-8-6-4-2/h5,7,11,13,17-19,21-23,26,28,42-43H,3-4,6,8-10,12,14-16,20,24-25,27,29-41,47H2,1-2H3,(H,50,51)(H,52,53)/b7-5-,13-11-,19-17-,22-21-,23-18-,28-26-/t42-,43+/m1/s1. The normalized spacial score (nSPS) is 14.4. The Morgan fingerprint density at radius 1 is 0.552 bits per heavy atom. The highest BCUT2D eigenvalue weighted by Gasteiger charge is 2.28. The molecule has 332 valence electrons. The highest BCUT2D eigenvalue weighted by atomic mass is 31.2. The first-order valence-electron chi connectivity index (χ1n) is 22.0. The van der Waals surface area contributed by atoms with Crippen LogP contribution in [0.3, 0.4) is 0 Å². The predicted molar refractivity (Wildman–Crippen MR) is 235 cm³/mol. The van der Waals surface area contributed by atoms with Gasteiger partial charge in [-0.1, -0.05) is 145 Å². The summed E-state index contributed by atoms with van der Waals surface area (Å²) < 4.78 is 32.7. The third-order valence-electron chi connectivity index (χ3n) is 8.94. The van der Waals surface area contributed by atoms with Crippen LogP contribution in [0.4, 0.5) is 0 Å². The fraction of sp³-hybridized carbons (Fsp3) is 0.674. The van der Waals surface area contributed by atoms with Crippen LogP contribution in [0, 0.1) is 0 Å². The van der Waals surface area contributed by atoms with Crippen LogP contribution in [-0.2, 0) is 37.5 Å². The van der Waals surface area contributed by atoms with E-state index in [-0.39, 0.29) is 19.4 Å². The second kappa shape index (κ2) is 40.7. The summed E-state index contributed by atoms with van der Waals surface area (Å²) in [4.78, 5) is 46.0. The third kappa shape index (κ3) is 39.7. The van der Waals surface area contributed by atoms with Crippen LogP contribution in [-0.4, -0.2) is 59.9 Å². The molecule has 0 aliphatic rings. The summed E-state index contributed by atoms with van der Waals surface area (Å²) in [7, 11) is -4.73. The van der Waals surface area contributed by atoms with Crippen molar-refractivity contribution in [1.82, 2.24) is 0 Å². The monoisotopic (exact) mass is 836 g/mol. The SMILES string of the molecule is CC/C=C\C/C=C\C/C=C\C/C=C\C/C=C\CCCCCC(=O)O[C@H](COC(=O)CCCCCCC/C=C\CCCCCCCC)COP(=O)(O)OC[C@H](N)C(=O)O. The molecule has 0 aromatic carbocycles. The Hall–Kier alpha value is -3.08. The molecule has 58 heavy (non-hydrogen) atoms. The van der Waals surface area contributed by atoms with Crippen LogP contribution in [0.1, 0.15) is 168 Å². The molecule has 0 aliphatic carbocycles. The number of rotatable bonds is 40. The van der Waals surface area contributed by atoms with Gasteiger partial charge < -0.3 is 25.2 Å². The summed E-state index contributed by atoms with van der Waals surface area (Å²) in [6, 6.07) is -1.53. The molecule has 0 aromatic rings. The van der Waals surface area contributed by atoms with Crippen molar-refractivity contribution in [2.45, 2.75) is 180 Å². The Bertz CT molecular complexity index is 1260. The Balaban J connectivity index is 4.46. The lowest BCUT2D eigenvalue weighted by atomic mass is 10.1. The summed E-state index contributed by atoms with van der Waals surface area (Å²) in [5, 5.41) is 8.89. The van der Waals surface area contributed by atoms with E-state index in [1.54, 1.807) is 0 Å². The van der Waals surface area contributed by atoms with Gasteiger partial charge in [0, 0.05) is 12.8 Å². The number of esters is 2. The Morgan fingerprint density at radius 3 is 1.48 bits per heavy atom. The summed E-state index contributed by atoms with van der Waals surface area (Å²) in [6.07, 6.45) is 48.2. The summed E-state index contributed by atoms with van der Waals surface area (Å²) >= 11 is 0. The van der Waals surface area contributed by atoms with Gasteiger partial charge in [-0.3, -0.25) is 23.4 Å². The van der Waals surface area contributed by atoms with Gasteiger partial charge in [-0.05, 0) is 83.5 Å². The lowest BCUT2D eigenvalue weighted by Crippen LogP contribution is -2.34. The highest BCUT2D eigenvalue weighted by molar-refractivity contribution is 7.47. The van der Waals surface area contributed by atoms with E-state index in [1.165, 1.54) is 38.5 Å². The Morgan fingerprint density at radius 2 is 0.966 bits per heavy atom. The van der Waals surface area contributed by atoms with E-state index in [1.807, 2.05) is 0 Å². The van der Waals surface area contributed by atoms with Crippen molar-refractivity contribution in [2.24, 2.45) is 5.73 Å². The van der Waals surface area contributed by atoms with Crippen LogP contribution < -0.4 is 5.73 Å². The molecule has 0 spiro atoms. The highest BCUT2D eigenvalue weighted by Crippen LogP contribution is 2.43. The number of aliphatic carboxylic acids is 1. The number of nitrogens with two attached hydrogens (primary N) is 1. The maximum atomic E-state index is 12.6. The molecular weight excluding hydrogens is 757 g/mol. The molecule has 4 N–H and O–H groups in total. The van der Waals surface area contributed by atoms with Gasteiger partial charge in [-0.2, -0.15) is 0 Å². The maximum absolute atomic E-state index is 12.6. The van der Waals surface area contributed by atoms with Crippen LogP contribution >= 0.6 is 7.82 Å². The number of hydrogen-bond acceptors (Lipinski definition) is 9. The number of phosphoric ester groups is 1. The number of hydrogen-bond donors (Lipinski definition) is 3.